The van der Waals surface area contributed by atoms with Gasteiger partial charge in [0.1, 0.15) is 0 Å². The van der Waals surface area contributed by atoms with E-state index in [2.05, 4.69) is 243 Å². The summed E-state index contributed by atoms with van der Waals surface area (Å²) in [6.45, 7) is 7.26. The van der Waals surface area contributed by atoms with Gasteiger partial charge in [0.15, 0.2) is 0 Å². The van der Waals surface area contributed by atoms with Gasteiger partial charge in [-0.1, -0.05) is 178 Å². The topological polar surface area (TPSA) is 8.17 Å². The fourth-order valence-corrected chi connectivity index (χ4v) is 14.3. The molecule has 16 rings (SSSR count). The van der Waals surface area contributed by atoms with Crippen LogP contribution in [0.15, 0.2) is 212 Å². The monoisotopic (exact) mass is 864 g/mol. The molecule has 11 aromatic rings. The van der Waals surface area contributed by atoms with Crippen molar-refractivity contribution in [1.29, 1.82) is 0 Å². The Kier molecular flexibility index (Phi) is 6.75. The molecule has 3 aliphatic carbocycles. The average Bonchev–Trinajstić information content (AvgIpc) is 4.04. The van der Waals surface area contributed by atoms with Gasteiger partial charge in [-0.2, -0.15) is 0 Å². The molecule has 0 saturated heterocycles. The van der Waals surface area contributed by atoms with Crippen molar-refractivity contribution in [3.8, 4) is 50.2 Å². The first-order chi connectivity index (χ1) is 33.4. The van der Waals surface area contributed by atoms with Gasteiger partial charge in [0.05, 0.1) is 33.5 Å². The molecule has 2 heteroatoms. The molecule has 2 atom stereocenters. The van der Waals surface area contributed by atoms with Crippen LogP contribution in [-0.2, 0) is 16.2 Å². The van der Waals surface area contributed by atoms with Crippen molar-refractivity contribution in [2.24, 2.45) is 0 Å². The minimum atomic E-state index is -0.542. The van der Waals surface area contributed by atoms with Gasteiger partial charge in [0.25, 0.3) is 0 Å². The van der Waals surface area contributed by atoms with Crippen LogP contribution < -0.4 is 4.90 Å². The first-order valence-corrected chi connectivity index (χ1v) is 24.2. The Morgan fingerprint density at radius 3 is 1.84 bits per heavy atom. The van der Waals surface area contributed by atoms with E-state index in [4.69, 9.17) is 0 Å². The molecule has 10 aromatic carbocycles. The average molecular weight is 865 g/mol. The lowest BCUT2D eigenvalue weighted by Gasteiger charge is -2.40. The third-order valence-corrected chi connectivity index (χ3v) is 17.2. The van der Waals surface area contributed by atoms with Crippen LogP contribution in [0.3, 0.4) is 0 Å². The highest BCUT2D eigenvalue weighted by Gasteiger charge is 2.52. The molecule has 1 aromatic heterocycles. The Bertz CT molecular complexity index is 4110. The first-order valence-electron chi connectivity index (χ1n) is 24.2. The summed E-state index contributed by atoms with van der Waals surface area (Å²) in [6, 6.07) is 81.9. The highest BCUT2D eigenvalue weighted by Crippen LogP contribution is 2.64. The molecule has 318 valence electrons. The number of anilines is 3. The van der Waals surface area contributed by atoms with E-state index in [1.54, 1.807) is 0 Å². The highest BCUT2D eigenvalue weighted by atomic mass is 15.1. The predicted octanol–water partition coefficient (Wildman–Crippen LogP) is 16.6. The number of para-hydroxylation sites is 4. The highest BCUT2D eigenvalue weighted by molar-refractivity contribution is 6.13. The molecule has 0 saturated carbocycles. The molecule has 5 aliphatic rings. The third-order valence-electron chi connectivity index (χ3n) is 17.2. The summed E-state index contributed by atoms with van der Waals surface area (Å²) in [5, 5.41) is 2.59. The Morgan fingerprint density at radius 2 is 0.971 bits per heavy atom. The van der Waals surface area contributed by atoms with Crippen molar-refractivity contribution in [2.75, 3.05) is 4.90 Å². The molecule has 0 amide bonds. The first kappa shape index (κ1) is 37.0. The minimum Gasteiger partial charge on any atom is -0.309 e. The van der Waals surface area contributed by atoms with Crippen molar-refractivity contribution < 1.29 is 0 Å². The lowest BCUT2D eigenvalue weighted by atomic mass is 9.65. The summed E-state index contributed by atoms with van der Waals surface area (Å²) in [7, 11) is 0. The van der Waals surface area contributed by atoms with E-state index in [1.165, 1.54) is 128 Å². The van der Waals surface area contributed by atoms with E-state index in [9.17, 15) is 0 Å². The zero-order valence-electron chi connectivity index (χ0n) is 38.1. The fourth-order valence-electron chi connectivity index (χ4n) is 14.3. The second-order valence-electron chi connectivity index (χ2n) is 20.5. The molecule has 2 aliphatic heterocycles. The molecule has 1 spiro atoms. The van der Waals surface area contributed by atoms with E-state index in [-0.39, 0.29) is 5.41 Å². The molecule has 0 fully saturated rings. The van der Waals surface area contributed by atoms with Gasteiger partial charge in [0, 0.05) is 38.4 Å². The van der Waals surface area contributed by atoms with Crippen LogP contribution in [0.4, 0.5) is 17.1 Å². The largest absolute Gasteiger partial charge is 0.309 e. The summed E-state index contributed by atoms with van der Waals surface area (Å²) in [6.07, 6.45) is 0. The standard InChI is InChI=1S/C66H44N2/c1-64(2)50-21-8-4-17-43(50)44-33-32-41(38-57(44)64)67-58-26-11-6-16-42(58)39-30-34-52-48(36-39)49-37-40(65(3)51-22-9-5-19-47(51)62-55(65)24-15-29-61(62)67)31-35-53(49)66(52)54-23-10-13-28-60(54)68-59-27-12-7-18-45(59)46-20-14-25-56(66)63(46)68/h4-38H,1-3H3. The molecule has 0 radical (unpaired) electrons. The van der Waals surface area contributed by atoms with Crippen molar-refractivity contribution >= 4 is 38.9 Å². The zero-order valence-corrected chi connectivity index (χ0v) is 38.1. The third kappa shape index (κ3) is 4.16. The molecule has 2 unspecified atom stereocenters. The molecule has 0 N–H and O–H groups in total. The van der Waals surface area contributed by atoms with Crippen molar-refractivity contribution in [3.05, 3.63) is 262 Å². The van der Waals surface area contributed by atoms with E-state index in [0.717, 1.165) is 11.4 Å². The zero-order chi connectivity index (χ0) is 44.8. The van der Waals surface area contributed by atoms with Crippen LogP contribution in [-0.4, -0.2) is 4.57 Å². The van der Waals surface area contributed by atoms with Crippen molar-refractivity contribution in [3.63, 3.8) is 0 Å². The van der Waals surface area contributed by atoms with Crippen LogP contribution in [0.5, 0.6) is 0 Å². The SMILES string of the molecule is CC1(C)c2ccccc2-c2ccc(N3c4ccccc4-c4ccc5c(c4)-c4cc(ccc4C54c5ccccc5-n5c6ccccc6c6cccc4c65)C4(C)c5ccccc5-c5c3cccc54)cc21. The Labute approximate surface area is 396 Å². The maximum absolute atomic E-state index is 2.58. The van der Waals surface area contributed by atoms with E-state index >= 15 is 0 Å². The number of hydrogen-bond donors (Lipinski definition) is 0. The fraction of sp³-hybridized carbons (Fsp3) is 0.0909. The second kappa shape index (κ2) is 12.4. The van der Waals surface area contributed by atoms with Gasteiger partial charge in [0.2, 0.25) is 0 Å². The second-order valence-corrected chi connectivity index (χ2v) is 20.5. The summed E-state index contributed by atoms with van der Waals surface area (Å²) in [5.74, 6) is 0. The smallest absolute Gasteiger partial charge is 0.0754 e. The lowest BCUT2D eigenvalue weighted by Crippen LogP contribution is -2.33. The van der Waals surface area contributed by atoms with Gasteiger partial charge in [-0.3, -0.25) is 0 Å². The summed E-state index contributed by atoms with van der Waals surface area (Å²) in [5.41, 5.74) is 28.6. The maximum Gasteiger partial charge on any atom is 0.0754 e. The van der Waals surface area contributed by atoms with Crippen LogP contribution in [0.1, 0.15) is 70.8 Å². The summed E-state index contributed by atoms with van der Waals surface area (Å²) < 4.78 is 2.54. The molecule has 2 nitrogen and oxygen atoms in total. The molecular formula is C66H44N2. The van der Waals surface area contributed by atoms with E-state index < -0.39 is 10.8 Å². The van der Waals surface area contributed by atoms with Gasteiger partial charge < -0.3 is 9.47 Å². The minimum absolute atomic E-state index is 0.149. The van der Waals surface area contributed by atoms with Crippen LogP contribution >= 0.6 is 0 Å². The number of benzene rings is 10. The molecular weight excluding hydrogens is 821 g/mol. The normalized spacial score (nSPS) is 18.7. The molecule has 8 bridgehead atoms. The van der Waals surface area contributed by atoms with Crippen LogP contribution in [0.2, 0.25) is 0 Å². The van der Waals surface area contributed by atoms with E-state index in [1.807, 2.05) is 0 Å². The number of aromatic nitrogens is 1. The van der Waals surface area contributed by atoms with Crippen LogP contribution in [0, 0.1) is 0 Å². The van der Waals surface area contributed by atoms with Crippen LogP contribution in [0.25, 0.3) is 72.0 Å². The number of nitrogens with zero attached hydrogens (tertiary/aromatic N) is 2. The Hall–Kier alpha value is -8.20. The van der Waals surface area contributed by atoms with Gasteiger partial charge in [-0.05, 0) is 139 Å². The predicted molar refractivity (Wildman–Crippen MR) is 280 cm³/mol. The van der Waals surface area contributed by atoms with Crippen molar-refractivity contribution in [1.82, 2.24) is 4.57 Å². The number of hydrogen-bond acceptors (Lipinski definition) is 1. The summed E-state index contributed by atoms with van der Waals surface area (Å²) >= 11 is 0. The lowest BCUT2D eigenvalue weighted by molar-refractivity contribution is 0.660. The van der Waals surface area contributed by atoms with Gasteiger partial charge >= 0.3 is 0 Å². The Morgan fingerprint density at radius 1 is 0.353 bits per heavy atom. The summed E-state index contributed by atoms with van der Waals surface area (Å²) in [4.78, 5) is 2.58. The quantitative estimate of drug-likeness (QED) is 0.160. The number of fused-ring (bicyclic) bond motifs is 19. The maximum atomic E-state index is 2.58. The Balaban J connectivity index is 1.04. The van der Waals surface area contributed by atoms with E-state index in [0.29, 0.717) is 0 Å². The number of rotatable bonds is 1. The molecule has 68 heavy (non-hydrogen) atoms. The van der Waals surface area contributed by atoms with Crippen molar-refractivity contribution in [2.45, 2.75) is 37.0 Å². The van der Waals surface area contributed by atoms with Gasteiger partial charge in [-0.15, -0.1) is 0 Å². The molecule has 3 heterocycles. The van der Waals surface area contributed by atoms with Gasteiger partial charge in [-0.25, -0.2) is 0 Å².